The molecule has 0 radical (unpaired) electrons. The molecule has 0 heterocycles. The Morgan fingerprint density at radius 2 is 1.94 bits per heavy atom. The number of nitrogens with two attached hydrogens (primary N) is 1. The van der Waals surface area contributed by atoms with Gasteiger partial charge in [0.25, 0.3) is 0 Å². The summed E-state index contributed by atoms with van der Waals surface area (Å²) in [5.41, 5.74) is 5.20. The third kappa shape index (κ3) is 3.78. The number of nitrogen functional groups attached to an aromatic ring is 1. The zero-order valence-electron chi connectivity index (χ0n) is 8.65. The van der Waals surface area contributed by atoms with Crippen molar-refractivity contribution in [1.82, 2.24) is 0 Å². The number of halogens is 1. The molecule has 0 amide bonds. The SMILES string of the molecule is CC(=O)c1cc(N)c(Cl)cc1S(=O)(=O)[O-].[K+]. The van der Waals surface area contributed by atoms with E-state index in [-0.39, 0.29) is 67.7 Å². The van der Waals surface area contributed by atoms with Crippen LogP contribution in [0, 0.1) is 0 Å². The number of hydrogen-bond donors (Lipinski definition) is 1. The molecule has 5 nitrogen and oxygen atoms in total. The molecule has 0 aliphatic carbocycles. The standard InChI is InChI=1S/C8H8ClNO4S.K/c1-4(11)5-2-7(10)6(9)3-8(5)15(12,13)14;/h2-3H,10H2,1H3,(H,12,13,14);/q;+1/p-1. The van der Waals surface area contributed by atoms with Crippen molar-refractivity contribution in [2.24, 2.45) is 0 Å². The van der Waals surface area contributed by atoms with Gasteiger partial charge in [-0.05, 0) is 19.1 Å². The average Bonchev–Trinajstić information content (AvgIpc) is 2.06. The van der Waals surface area contributed by atoms with Gasteiger partial charge < -0.3 is 10.3 Å². The molecule has 8 heteroatoms. The maximum Gasteiger partial charge on any atom is 1.00 e. The molecule has 0 aliphatic rings. The van der Waals surface area contributed by atoms with Crippen LogP contribution in [0.3, 0.4) is 0 Å². The minimum atomic E-state index is -4.73. The maximum atomic E-state index is 11.1. The van der Waals surface area contributed by atoms with Gasteiger partial charge in [-0.1, -0.05) is 11.6 Å². The summed E-state index contributed by atoms with van der Waals surface area (Å²) in [4.78, 5) is 10.4. The van der Waals surface area contributed by atoms with Gasteiger partial charge in [-0.3, -0.25) is 4.79 Å². The van der Waals surface area contributed by atoms with Gasteiger partial charge in [-0.15, -0.1) is 0 Å². The molecule has 0 unspecified atom stereocenters. The second kappa shape index (κ2) is 5.92. The van der Waals surface area contributed by atoms with E-state index in [2.05, 4.69) is 0 Å². The number of carbonyl (C=O) groups is 1. The molecule has 2 N–H and O–H groups in total. The first kappa shape index (κ1) is 16.5. The molecule has 82 valence electrons. The van der Waals surface area contributed by atoms with Crippen LogP contribution >= 0.6 is 11.6 Å². The van der Waals surface area contributed by atoms with Crippen molar-refractivity contribution < 1.29 is 69.1 Å². The van der Waals surface area contributed by atoms with E-state index in [1.165, 1.54) is 0 Å². The molecule has 0 atom stereocenters. The molecule has 0 saturated carbocycles. The molecule has 0 spiro atoms. The zero-order chi connectivity index (χ0) is 11.8. The molecule has 1 aromatic rings. The number of ketones is 1. The van der Waals surface area contributed by atoms with Gasteiger partial charge in [0.2, 0.25) is 0 Å². The molecule has 0 fully saturated rings. The van der Waals surface area contributed by atoms with Crippen LogP contribution in [-0.2, 0) is 10.1 Å². The summed E-state index contributed by atoms with van der Waals surface area (Å²) in [6, 6.07) is 1.96. The van der Waals surface area contributed by atoms with E-state index in [1.807, 2.05) is 0 Å². The first-order valence-electron chi connectivity index (χ1n) is 3.79. The third-order valence-electron chi connectivity index (χ3n) is 1.75. The molecule has 1 aromatic carbocycles. The van der Waals surface area contributed by atoms with E-state index in [9.17, 15) is 17.8 Å². The van der Waals surface area contributed by atoms with Crippen LogP contribution in [0.5, 0.6) is 0 Å². The first-order chi connectivity index (χ1) is 6.73. The molecule has 0 aliphatic heterocycles. The van der Waals surface area contributed by atoms with Crippen molar-refractivity contribution in [3.63, 3.8) is 0 Å². The van der Waals surface area contributed by atoms with Crippen molar-refractivity contribution >= 4 is 33.2 Å². The fourth-order valence-corrected chi connectivity index (χ4v) is 2.02. The Kier molecular flexibility index (Phi) is 6.11. The summed E-state index contributed by atoms with van der Waals surface area (Å²) in [6.45, 7) is 1.14. The minimum absolute atomic E-state index is 0. The number of carbonyl (C=O) groups excluding carboxylic acids is 1. The fraction of sp³-hybridized carbons (Fsp3) is 0.125. The Morgan fingerprint density at radius 3 is 2.31 bits per heavy atom. The van der Waals surface area contributed by atoms with Crippen LogP contribution < -0.4 is 57.1 Å². The van der Waals surface area contributed by atoms with Crippen molar-refractivity contribution in [2.75, 3.05) is 5.73 Å². The second-order valence-electron chi connectivity index (χ2n) is 2.88. The van der Waals surface area contributed by atoms with E-state index < -0.39 is 20.8 Å². The summed E-state index contributed by atoms with van der Waals surface area (Å²) >= 11 is 5.56. The van der Waals surface area contributed by atoms with E-state index >= 15 is 0 Å². The first-order valence-corrected chi connectivity index (χ1v) is 5.58. The number of rotatable bonds is 2. The van der Waals surface area contributed by atoms with Crippen LogP contribution in [0.25, 0.3) is 0 Å². The van der Waals surface area contributed by atoms with Crippen molar-refractivity contribution in [3.8, 4) is 0 Å². The van der Waals surface area contributed by atoms with Gasteiger partial charge in [-0.2, -0.15) is 0 Å². The monoisotopic (exact) mass is 287 g/mol. The smallest absolute Gasteiger partial charge is 0.744 e. The molecule has 0 bridgehead atoms. The summed E-state index contributed by atoms with van der Waals surface area (Å²) in [6.07, 6.45) is 0. The Morgan fingerprint density at radius 1 is 1.44 bits per heavy atom. The zero-order valence-corrected chi connectivity index (χ0v) is 13.3. The second-order valence-corrected chi connectivity index (χ2v) is 4.64. The Bertz CT molecular complexity index is 529. The molecule has 1 rings (SSSR count). The van der Waals surface area contributed by atoms with Gasteiger partial charge in [0.15, 0.2) is 5.78 Å². The quantitative estimate of drug-likeness (QED) is 0.294. The molecule has 16 heavy (non-hydrogen) atoms. The van der Waals surface area contributed by atoms with Crippen molar-refractivity contribution in [3.05, 3.63) is 22.7 Å². The molecular weight excluding hydrogens is 281 g/mol. The van der Waals surface area contributed by atoms with E-state index in [0.717, 1.165) is 19.1 Å². The van der Waals surface area contributed by atoms with Gasteiger partial charge in [0.05, 0.1) is 15.6 Å². The topological polar surface area (TPSA) is 100 Å². The Labute approximate surface area is 141 Å². The Balaban J connectivity index is 0.00000225. The predicted molar refractivity (Wildman–Crippen MR) is 53.8 cm³/mol. The van der Waals surface area contributed by atoms with Crippen LogP contribution in [0.4, 0.5) is 5.69 Å². The summed E-state index contributed by atoms with van der Waals surface area (Å²) < 4.78 is 32.4. The van der Waals surface area contributed by atoms with Crippen LogP contribution in [0.2, 0.25) is 5.02 Å². The van der Waals surface area contributed by atoms with E-state index in [4.69, 9.17) is 17.3 Å². The van der Waals surface area contributed by atoms with Crippen molar-refractivity contribution in [1.29, 1.82) is 0 Å². The van der Waals surface area contributed by atoms with Crippen LogP contribution in [0.15, 0.2) is 17.0 Å². The maximum absolute atomic E-state index is 11.1. The van der Waals surface area contributed by atoms with Gasteiger partial charge in [-0.25, -0.2) is 8.42 Å². The van der Waals surface area contributed by atoms with Gasteiger partial charge in [0, 0.05) is 5.56 Å². The molecular formula is C8H7ClKNO4S. The largest absolute Gasteiger partial charge is 1.00 e. The van der Waals surface area contributed by atoms with Gasteiger partial charge in [0.1, 0.15) is 10.1 Å². The van der Waals surface area contributed by atoms with Crippen molar-refractivity contribution in [2.45, 2.75) is 11.8 Å². The molecule has 0 saturated heterocycles. The normalized spacial score (nSPS) is 10.7. The summed E-state index contributed by atoms with van der Waals surface area (Å²) in [5.74, 6) is -0.562. The van der Waals surface area contributed by atoms with E-state index in [1.54, 1.807) is 0 Å². The summed E-state index contributed by atoms with van der Waals surface area (Å²) in [7, 11) is -4.73. The van der Waals surface area contributed by atoms with Crippen LogP contribution in [0.1, 0.15) is 17.3 Å². The number of anilines is 1. The fourth-order valence-electron chi connectivity index (χ4n) is 1.05. The molecule has 0 aromatic heterocycles. The minimum Gasteiger partial charge on any atom is -0.744 e. The Hall–Kier alpha value is 0.526. The number of hydrogen-bond acceptors (Lipinski definition) is 5. The van der Waals surface area contributed by atoms with Gasteiger partial charge >= 0.3 is 51.4 Å². The van der Waals surface area contributed by atoms with Crippen LogP contribution in [-0.4, -0.2) is 18.8 Å². The predicted octanol–water partition coefficient (Wildman–Crippen LogP) is -1.97. The van der Waals surface area contributed by atoms with E-state index in [0.29, 0.717) is 0 Å². The number of benzene rings is 1. The third-order valence-corrected chi connectivity index (χ3v) is 2.95. The summed E-state index contributed by atoms with van der Waals surface area (Å²) in [5, 5.41) is -0.0746. The average molecular weight is 288 g/mol. The number of Topliss-reactive ketones (excluding diaryl/α,β-unsaturated/α-hetero) is 1.